The summed E-state index contributed by atoms with van der Waals surface area (Å²) in [5.74, 6) is 0.873. The van der Waals surface area contributed by atoms with Gasteiger partial charge in [-0.15, -0.1) is 11.3 Å². The standard InChI is InChI=1S/C13H13N3S3/c1-2-16-5-4-14-13(16)19-9-11-8-18-12(15-11)10-3-6-17-7-10/h3-8H,2,9H2,1H3. The molecule has 19 heavy (non-hydrogen) atoms. The zero-order chi connectivity index (χ0) is 13.1. The molecule has 3 nitrogen and oxygen atoms in total. The Morgan fingerprint density at radius 3 is 3.11 bits per heavy atom. The van der Waals surface area contributed by atoms with Crippen LogP contribution >= 0.6 is 34.4 Å². The molecule has 3 heterocycles. The Balaban J connectivity index is 1.68. The van der Waals surface area contributed by atoms with Crippen LogP contribution in [0, 0.1) is 0 Å². The predicted octanol–water partition coefficient (Wildman–Crippen LogP) is 4.38. The highest BCUT2D eigenvalue weighted by Gasteiger charge is 2.07. The number of thiophene rings is 1. The molecule has 0 radical (unpaired) electrons. The molecule has 3 aromatic rings. The normalized spacial score (nSPS) is 11.0. The second kappa shape index (κ2) is 5.90. The van der Waals surface area contributed by atoms with E-state index in [0.717, 1.165) is 28.2 Å². The first-order valence-electron chi connectivity index (χ1n) is 5.97. The van der Waals surface area contributed by atoms with Crippen molar-refractivity contribution in [2.45, 2.75) is 24.4 Å². The highest BCUT2D eigenvalue weighted by Crippen LogP contribution is 2.28. The first-order chi connectivity index (χ1) is 9.36. The molecule has 0 aromatic carbocycles. The Labute approximate surface area is 124 Å². The van der Waals surface area contributed by atoms with Crippen molar-refractivity contribution in [3.05, 3.63) is 40.3 Å². The molecule has 0 saturated heterocycles. The van der Waals surface area contributed by atoms with E-state index >= 15 is 0 Å². The van der Waals surface area contributed by atoms with Crippen LogP contribution in [0.1, 0.15) is 12.6 Å². The zero-order valence-corrected chi connectivity index (χ0v) is 12.9. The van der Waals surface area contributed by atoms with E-state index in [-0.39, 0.29) is 0 Å². The number of rotatable bonds is 5. The minimum absolute atomic E-state index is 0.873. The summed E-state index contributed by atoms with van der Waals surface area (Å²) in [7, 11) is 0. The lowest BCUT2D eigenvalue weighted by atomic mass is 10.4. The van der Waals surface area contributed by atoms with Gasteiger partial charge in [0.2, 0.25) is 0 Å². The summed E-state index contributed by atoms with van der Waals surface area (Å²) in [5, 5.41) is 8.53. The number of thiazole rings is 1. The van der Waals surface area contributed by atoms with Gasteiger partial charge in [0, 0.05) is 41.0 Å². The van der Waals surface area contributed by atoms with Crippen LogP contribution in [0.3, 0.4) is 0 Å². The van der Waals surface area contributed by atoms with Gasteiger partial charge in [-0.05, 0) is 18.4 Å². The Bertz CT molecular complexity index is 640. The Morgan fingerprint density at radius 1 is 1.37 bits per heavy atom. The van der Waals surface area contributed by atoms with Gasteiger partial charge in [-0.25, -0.2) is 9.97 Å². The molecule has 3 rings (SSSR count). The number of nitrogens with zero attached hydrogens (tertiary/aromatic N) is 3. The zero-order valence-electron chi connectivity index (χ0n) is 10.4. The SMILES string of the molecule is CCn1ccnc1SCc1csc(-c2ccsc2)n1. The summed E-state index contributed by atoms with van der Waals surface area (Å²) in [6.45, 7) is 3.09. The van der Waals surface area contributed by atoms with Crippen molar-refractivity contribution < 1.29 is 0 Å². The molecule has 0 aliphatic heterocycles. The first kappa shape index (κ1) is 12.9. The molecular weight excluding hydrogens is 294 g/mol. The Hall–Kier alpha value is -1.11. The quantitative estimate of drug-likeness (QED) is 0.655. The van der Waals surface area contributed by atoms with Gasteiger partial charge in [0.25, 0.3) is 0 Å². The lowest BCUT2D eigenvalue weighted by molar-refractivity contribution is 0.681. The number of hydrogen-bond acceptors (Lipinski definition) is 5. The third kappa shape index (κ3) is 2.91. The van der Waals surface area contributed by atoms with Gasteiger partial charge in [0.05, 0.1) is 5.69 Å². The monoisotopic (exact) mass is 307 g/mol. The molecule has 0 atom stereocenters. The maximum Gasteiger partial charge on any atom is 0.168 e. The second-order valence-corrected chi connectivity index (χ2v) is 6.52. The molecule has 3 aromatic heterocycles. The van der Waals surface area contributed by atoms with Crippen LogP contribution in [-0.2, 0) is 12.3 Å². The van der Waals surface area contributed by atoms with E-state index < -0.39 is 0 Å². The number of thioether (sulfide) groups is 1. The number of hydrogen-bond donors (Lipinski definition) is 0. The predicted molar refractivity (Wildman–Crippen MR) is 82.9 cm³/mol. The smallest absolute Gasteiger partial charge is 0.168 e. The molecule has 0 bridgehead atoms. The molecule has 0 saturated carbocycles. The van der Waals surface area contributed by atoms with E-state index in [1.165, 1.54) is 5.56 Å². The lowest BCUT2D eigenvalue weighted by Gasteiger charge is -2.02. The summed E-state index contributed by atoms with van der Waals surface area (Å²) in [6, 6.07) is 2.12. The summed E-state index contributed by atoms with van der Waals surface area (Å²) >= 11 is 5.16. The van der Waals surface area contributed by atoms with E-state index in [4.69, 9.17) is 0 Å². The van der Waals surface area contributed by atoms with E-state index in [9.17, 15) is 0 Å². The minimum Gasteiger partial charge on any atom is -0.326 e. The van der Waals surface area contributed by atoms with Gasteiger partial charge >= 0.3 is 0 Å². The second-order valence-electron chi connectivity index (χ2n) is 3.94. The van der Waals surface area contributed by atoms with E-state index in [0.29, 0.717) is 0 Å². The third-order valence-corrected chi connectivity index (χ3v) is 5.35. The highest BCUT2D eigenvalue weighted by atomic mass is 32.2. The van der Waals surface area contributed by atoms with Gasteiger partial charge in [0.1, 0.15) is 5.01 Å². The summed E-state index contributed by atoms with van der Waals surface area (Å²) in [4.78, 5) is 9.04. The van der Waals surface area contributed by atoms with Crippen LogP contribution in [0.15, 0.2) is 39.8 Å². The average molecular weight is 307 g/mol. The fourth-order valence-electron chi connectivity index (χ4n) is 1.71. The molecular formula is C13H13N3S3. The van der Waals surface area contributed by atoms with Crippen LogP contribution in [0.4, 0.5) is 0 Å². The molecule has 0 spiro atoms. The number of aryl methyl sites for hydroxylation is 1. The lowest BCUT2D eigenvalue weighted by Crippen LogP contribution is -1.94. The largest absolute Gasteiger partial charge is 0.326 e. The first-order valence-corrected chi connectivity index (χ1v) is 8.78. The summed E-state index contributed by atoms with van der Waals surface area (Å²) in [5.41, 5.74) is 2.35. The third-order valence-electron chi connectivity index (χ3n) is 2.69. The molecule has 0 fully saturated rings. The van der Waals surface area contributed by atoms with Crippen molar-refractivity contribution in [1.29, 1.82) is 0 Å². The maximum absolute atomic E-state index is 4.67. The van der Waals surface area contributed by atoms with Gasteiger partial charge in [0.15, 0.2) is 5.16 Å². The Kier molecular flexibility index (Phi) is 4.00. The fraction of sp³-hybridized carbons (Fsp3) is 0.231. The Morgan fingerprint density at radius 2 is 2.32 bits per heavy atom. The highest BCUT2D eigenvalue weighted by molar-refractivity contribution is 7.98. The summed E-state index contributed by atoms with van der Waals surface area (Å²) in [6.07, 6.45) is 3.86. The van der Waals surface area contributed by atoms with Gasteiger partial charge in [-0.3, -0.25) is 0 Å². The van der Waals surface area contributed by atoms with Crippen molar-refractivity contribution in [3.8, 4) is 10.6 Å². The van der Waals surface area contributed by atoms with Crippen molar-refractivity contribution in [2.75, 3.05) is 0 Å². The van der Waals surface area contributed by atoms with Crippen LogP contribution in [-0.4, -0.2) is 14.5 Å². The number of imidazole rings is 1. The van der Waals surface area contributed by atoms with Crippen molar-refractivity contribution in [3.63, 3.8) is 0 Å². The average Bonchev–Trinajstić information content (AvgIpc) is 3.16. The van der Waals surface area contributed by atoms with Crippen LogP contribution in [0.2, 0.25) is 0 Å². The molecule has 0 N–H and O–H groups in total. The topological polar surface area (TPSA) is 30.7 Å². The maximum atomic E-state index is 4.67. The van der Waals surface area contributed by atoms with Crippen molar-refractivity contribution in [2.24, 2.45) is 0 Å². The van der Waals surface area contributed by atoms with Gasteiger partial charge < -0.3 is 4.57 Å². The van der Waals surface area contributed by atoms with Gasteiger partial charge in [-0.2, -0.15) is 11.3 Å². The fourth-order valence-corrected chi connectivity index (χ4v) is 4.26. The van der Waals surface area contributed by atoms with E-state index in [1.807, 2.05) is 12.4 Å². The van der Waals surface area contributed by atoms with E-state index in [2.05, 4.69) is 43.7 Å². The van der Waals surface area contributed by atoms with Crippen molar-refractivity contribution in [1.82, 2.24) is 14.5 Å². The van der Waals surface area contributed by atoms with Crippen LogP contribution < -0.4 is 0 Å². The van der Waals surface area contributed by atoms with Crippen LogP contribution in [0.5, 0.6) is 0 Å². The molecule has 0 unspecified atom stereocenters. The summed E-state index contributed by atoms with van der Waals surface area (Å²) < 4.78 is 2.15. The van der Waals surface area contributed by atoms with E-state index in [1.54, 1.807) is 34.4 Å². The van der Waals surface area contributed by atoms with Gasteiger partial charge in [-0.1, -0.05) is 11.8 Å². The van der Waals surface area contributed by atoms with Crippen LogP contribution in [0.25, 0.3) is 10.6 Å². The molecule has 0 amide bonds. The molecule has 0 aliphatic carbocycles. The van der Waals surface area contributed by atoms with Crippen molar-refractivity contribution >= 4 is 34.4 Å². The molecule has 0 aliphatic rings. The molecule has 98 valence electrons. The minimum atomic E-state index is 0.873. The molecule has 6 heteroatoms. The number of aromatic nitrogens is 3.